The molecule has 0 spiro atoms. The average Bonchev–Trinajstić information content (AvgIpc) is 3.39. The zero-order chi connectivity index (χ0) is 28.1. The molecule has 2 aromatic carbocycles. The molecular weight excluding hydrogens is 591 g/mol. The van der Waals surface area contributed by atoms with Gasteiger partial charge in [-0.25, -0.2) is 14.0 Å². The van der Waals surface area contributed by atoms with Gasteiger partial charge in [0.05, 0.1) is 25.9 Å². The van der Waals surface area contributed by atoms with E-state index < -0.39 is 17.0 Å². The molecule has 1 atom stereocenters. The summed E-state index contributed by atoms with van der Waals surface area (Å²) in [5.74, 6) is 0. The number of anilines is 2. The Morgan fingerprint density at radius 1 is 1.02 bits per heavy atom. The molecule has 0 bridgehead atoms. The van der Waals surface area contributed by atoms with Crippen LogP contribution in [0.4, 0.5) is 16.2 Å². The summed E-state index contributed by atoms with van der Waals surface area (Å²) in [7, 11) is -1.75. The highest BCUT2D eigenvalue weighted by Gasteiger charge is 2.14. The molecule has 3 heterocycles. The zero-order valence-electron chi connectivity index (χ0n) is 21.5. The lowest BCUT2D eigenvalue weighted by atomic mass is 10.1. The summed E-state index contributed by atoms with van der Waals surface area (Å²) in [5, 5.41) is 6.73. The highest BCUT2D eigenvalue weighted by molar-refractivity contribution is 7.86. The fraction of sp³-hybridized carbons (Fsp3) is 0.296. The summed E-state index contributed by atoms with van der Waals surface area (Å²) in [4.78, 5) is 32.6. The molecule has 9 nitrogen and oxygen atoms in total. The van der Waals surface area contributed by atoms with Gasteiger partial charge in [0.2, 0.25) is 0 Å². The van der Waals surface area contributed by atoms with Crippen molar-refractivity contribution >= 4 is 73.8 Å². The van der Waals surface area contributed by atoms with Gasteiger partial charge in [-0.2, -0.15) is 0 Å². The van der Waals surface area contributed by atoms with Gasteiger partial charge in [-0.05, 0) is 87.4 Å². The van der Waals surface area contributed by atoms with Gasteiger partial charge in [0, 0.05) is 17.9 Å². The predicted octanol–water partition coefficient (Wildman–Crippen LogP) is 5.89. The number of hydrogen-bond donors (Lipinski definition) is 3. The van der Waals surface area contributed by atoms with Gasteiger partial charge in [-0.1, -0.05) is 29.6 Å². The lowest BCUT2D eigenvalue weighted by Gasteiger charge is -2.26. The molecule has 210 valence electrons. The SMILES string of the molecule is O=C(Nc1ccc(-n2cnc3cc(NCCCN4CCCCC4)ccc3c2=O)c(Cl)c1)NS(=O)c1ccc(Cl)s1. The van der Waals surface area contributed by atoms with Crippen LogP contribution < -0.4 is 20.9 Å². The first-order valence-electron chi connectivity index (χ1n) is 12.9. The number of carbonyl (C=O) groups excluding carboxylic acids is 1. The smallest absolute Gasteiger partial charge is 0.331 e. The highest BCUT2D eigenvalue weighted by Crippen LogP contribution is 2.26. The highest BCUT2D eigenvalue weighted by atomic mass is 35.5. The summed E-state index contributed by atoms with van der Waals surface area (Å²) in [6, 6.07) is 12.8. The lowest BCUT2D eigenvalue weighted by Crippen LogP contribution is -2.31. The molecule has 1 saturated heterocycles. The van der Waals surface area contributed by atoms with Crippen LogP contribution in [0, 0.1) is 0 Å². The van der Waals surface area contributed by atoms with E-state index in [1.165, 1.54) is 49.3 Å². The second-order valence-corrected chi connectivity index (χ2v) is 12.9. The van der Waals surface area contributed by atoms with Crippen LogP contribution in [0.5, 0.6) is 0 Å². The number of halogens is 2. The lowest BCUT2D eigenvalue weighted by molar-refractivity contribution is 0.228. The first kappa shape index (κ1) is 28.6. The van der Waals surface area contributed by atoms with E-state index in [0.717, 1.165) is 36.5 Å². The maximum absolute atomic E-state index is 13.3. The van der Waals surface area contributed by atoms with Crippen LogP contribution in [0.2, 0.25) is 9.36 Å². The minimum atomic E-state index is -1.75. The standard InChI is InChI=1S/C27H28Cl2N6O3S2/c28-21-15-19(32-27(37)33-40(38)25-10-9-24(29)39-25)6-8-23(21)35-17-31-22-16-18(5-7-20(22)26(35)36)30-11-4-14-34-12-2-1-3-13-34/h5-10,15-17,30H,1-4,11-14H2,(H2,32,33,37). The summed E-state index contributed by atoms with van der Waals surface area (Å²) in [5.41, 5.74) is 2.04. The Morgan fingerprint density at radius 2 is 1.82 bits per heavy atom. The second kappa shape index (κ2) is 13.1. The van der Waals surface area contributed by atoms with Gasteiger partial charge in [0.15, 0.2) is 11.0 Å². The Hall–Kier alpha value is -2.96. The van der Waals surface area contributed by atoms with Crippen molar-refractivity contribution < 1.29 is 9.00 Å². The molecule has 1 fully saturated rings. The van der Waals surface area contributed by atoms with Crippen LogP contribution >= 0.6 is 34.5 Å². The van der Waals surface area contributed by atoms with Crippen LogP contribution in [0.25, 0.3) is 16.6 Å². The number of piperidine rings is 1. The molecule has 1 aliphatic rings. The number of thiophene rings is 1. The van der Waals surface area contributed by atoms with Crippen molar-refractivity contribution in [2.75, 3.05) is 36.8 Å². The number of carbonyl (C=O) groups is 1. The van der Waals surface area contributed by atoms with Crippen molar-refractivity contribution in [2.45, 2.75) is 29.9 Å². The first-order chi connectivity index (χ1) is 19.4. The number of aromatic nitrogens is 2. The summed E-state index contributed by atoms with van der Waals surface area (Å²) in [6.07, 6.45) is 6.42. The van der Waals surface area contributed by atoms with Crippen molar-refractivity contribution in [1.82, 2.24) is 19.2 Å². The summed E-state index contributed by atoms with van der Waals surface area (Å²) in [6.45, 7) is 4.33. The molecule has 2 amide bonds. The van der Waals surface area contributed by atoms with Gasteiger partial charge in [0.1, 0.15) is 10.5 Å². The van der Waals surface area contributed by atoms with E-state index in [-0.39, 0.29) is 10.6 Å². The third-order valence-electron chi connectivity index (χ3n) is 6.57. The van der Waals surface area contributed by atoms with Crippen molar-refractivity contribution in [3.8, 4) is 5.69 Å². The number of amides is 2. The molecule has 0 aliphatic carbocycles. The van der Waals surface area contributed by atoms with Crippen molar-refractivity contribution in [3.63, 3.8) is 0 Å². The van der Waals surface area contributed by atoms with Gasteiger partial charge >= 0.3 is 6.03 Å². The van der Waals surface area contributed by atoms with Crippen LogP contribution in [-0.2, 0) is 11.0 Å². The van der Waals surface area contributed by atoms with Crippen molar-refractivity contribution in [2.24, 2.45) is 0 Å². The molecule has 0 saturated carbocycles. The maximum atomic E-state index is 13.3. The first-order valence-corrected chi connectivity index (χ1v) is 15.6. The average molecular weight is 620 g/mol. The van der Waals surface area contributed by atoms with Crippen molar-refractivity contribution in [3.05, 3.63) is 74.6 Å². The van der Waals surface area contributed by atoms with E-state index >= 15 is 0 Å². The molecular formula is C27H28Cl2N6O3S2. The fourth-order valence-corrected chi connectivity index (χ4v) is 6.98. The van der Waals surface area contributed by atoms with E-state index in [1.807, 2.05) is 12.1 Å². The van der Waals surface area contributed by atoms with Gasteiger partial charge in [0.25, 0.3) is 5.56 Å². The minimum Gasteiger partial charge on any atom is -0.385 e. The Bertz CT molecular complexity index is 1600. The number of fused-ring (bicyclic) bond motifs is 1. The molecule has 4 aromatic rings. The van der Waals surface area contributed by atoms with Crippen molar-refractivity contribution in [1.29, 1.82) is 0 Å². The fourth-order valence-electron chi connectivity index (χ4n) is 4.59. The molecule has 3 N–H and O–H groups in total. The third-order valence-corrected chi connectivity index (χ3v) is 9.47. The number of nitrogens with zero attached hydrogens (tertiary/aromatic N) is 3. The number of rotatable bonds is 9. The second-order valence-electron chi connectivity index (χ2n) is 9.38. The number of hydrogen-bond acceptors (Lipinski definition) is 7. The Labute approximate surface area is 248 Å². The van der Waals surface area contributed by atoms with Crippen LogP contribution in [0.15, 0.2) is 63.9 Å². The van der Waals surface area contributed by atoms with E-state index in [4.69, 9.17) is 23.2 Å². The van der Waals surface area contributed by atoms with E-state index in [2.05, 4.69) is 25.2 Å². The monoisotopic (exact) mass is 618 g/mol. The number of benzene rings is 2. The van der Waals surface area contributed by atoms with Gasteiger partial charge < -0.3 is 15.5 Å². The molecule has 13 heteroatoms. The predicted molar refractivity (Wildman–Crippen MR) is 164 cm³/mol. The van der Waals surface area contributed by atoms with Crippen LogP contribution in [0.3, 0.4) is 0 Å². The van der Waals surface area contributed by atoms with Crippen LogP contribution in [-0.4, -0.2) is 50.9 Å². The summed E-state index contributed by atoms with van der Waals surface area (Å²) < 4.78 is 16.9. The van der Waals surface area contributed by atoms with Gasteiger partial charge in [-0.3, -0.25) is 14.1 Å². The van der Waals surface area contributed by atoms with E-state index in [1.54, 1.807) is 30.3 Å². The Balaban J connectivity index is 1.22. The quantitative estimate of drug-likeness (QED) is 0.202. The third kappa shape index (κ3) is 7.02. The molecule has 5 rings (SSSR count). The largest absolute Gasteiger partial charge is 0.385 e. The zero-order valence-corrected chi connectivity index (χ0v) is 24.6. The van der Waals surface area contributed by atoms with E-state index in [9.17, 15) is 13.8 Å². The number of urea groups is 1. The van der Waals surface area contributed by atoms with Crippen LogP contribution in [0.1, 0.15) is 25.7 Å². The number of nitrogens with one attached hydrogen (secondary N) is 3. The summed E-state index contributed by atoms with van der Waals surface area (Å²) >= 11 is 13.5. The molecule has 0 radical (unpaired) electrons. The topological polar surface area (TPSA) is 108 Å². The van der Waals surface area contributed by atoms with Gasteiger partial charge in [-0.15, -0.1) is 11.3 Å². The molecule has 1 aliphatic heterocycles. The maximum Gasteiger partial charge on any atom is 0.331 e. The Kier molecular flexibility index (Phi) is 9.38. The normalized spacial score (nSPS) is 14.7. The Morgan fingerprint density at radius 3 is 2.58 bits per heavy atom. The van der Waals surface area contributed by atoms with E-state index in [0.29, 0.717) is 30.8 Å². The molecule has 2 aromatic heterocycles. The number of likely N-dealkylation sites (tertiary alicyclic amines) is 1. The molecule has 40 heavy (non-hydrogen) atoms. The molecule has 1 unspecified atom stereocenters. The minimum absolute atomic E-state index is 0.235.